The number of fused-ring (bicyclic) bond motifs is 2. The lowest BCUT2D eigenvalue weighted by Crippen LogP contribution is -2.28. The van der Waals surface area contributed by atoms with Crippen molar-refractivity contribution in [3.05, 3.63) is 47.5 Å². The number of benzene rings is 2. The quantitative estimate of drug-likeness (QED) is 0.870. The number of nitrogens with zero attached hydrogens (tertiary/aromatic N) is 1. The van der Waals surface area contributed by atoms with Crippen LogP contribution in [-0.4, -0.2) is 31.6 Å². The summed E-state index contributed by atoms with van der Waals surface area (Å²) >= 11 is 0. The second-order valence-corrected chi connectivity index (χ2v) is 7.87. The van der Waals surface area contributed by atoms with Gasteiger partial charge in [-0.3, -0.25) is 9.59 Å². The second-order valence-electron chi connectivity index (χ2n) is 7.87. The van der Waals surface area contributed by atoms with Gasteiger partial charge < -0.3 is 19.7 Å². The number of nitrogens with one attached hydrogen (secondary N) is 1. The topological polar surface area (TPSA) is 67.9 Å². The Labute approximate surface area is 169 Å². The molecule has 1 atom stereocenters. The Bertz CT molecular complexity index is 971. The molecule has 2 aromatic rings. The van der Waals surface area contributed by atoms with Crippen molar-refractivity contribution in [1.29, 1.82) is 0 Å². The van der Waals surface area contributed by atoms with Crippen LogP contribution in [0.25, 0.3) is 0 Å². The van der Waals surface area contributed by atoms with E-state index in [1.54, 1.807) is 4.90 Å². The average molecular weight is 392 g/mol. The van der Waals surface area contributed by atoms with E-state index in [4.69, 9.17) is 9.47 Å². The molecule has 3 aliphatic rings. The normalized spacial score (nSPS) is 20.3. The second kappa shape index (κ2) is 7.43. The molecular formula is C23H24N2O4. The van der Waals surface area contributed by atoms with Gasteiger partial charge >= 0.3 is 0 Å². The van der Waals surface area contributed by atoms with Gasteiger partial charge in [0.05, 0.1) is 5.92 Å². The maximum atomic E-state index is 12.9. The number of aryl methyl sites for hydroxylation is 1. The smallest absolute Gasteiger partial charge is 0.229 e. The zero-order valence-electron chi connectivity index (χ0n) is 16.3. The first-order valence-electron chi connectivity index (χ1n) is 10.3. The molecule has 0 radical (unpaired) electrons. The van der Waals surface area contributed by atoms with Crippen molar-refractivity contribution in [2.45, 2.75) is 32.1 Å². The van der Waals surface area contributed by atoms with Crippen LogP contribution in [-0.2, 0) is 22.4 Å². The molecule has 0 saturated carbocycles. The van der Waals surface area contributed by atoms with E-state index in [1.807, 2.05) is 30.3 Å². The lowest BCUT2D eigenvalue weighted by atomic mass is 9.90. The van der Waals surface area contributed by atoms with E-state index in [2.05, 4.69) is 11.4 Å². The number of anilines is 2. The molecule has 2 aliphatic heterocycles. The van der Waals surface area contributed by atoms with E-state index in [9.17, 15) is 9.59 Å². The summed E-state index contributed by atoms with van der Waals surface area (Å²) in [6.07, 6.45) is 4.64. The van der Waals surface area contributed by atoms with Gasteiger partial charge in [0, 0.05) is 30.4 Å². The largest absolute Gasteiger partial charge is 0.486 e. The standard InChI is InChI=1S/C23H24N2O4/c26-22-12-16(14-25(22)17-8-9-20-21(13-17)29-11-10-28-20)23(27)24-19-7-3-5-15-4-1-2-6-18(15)19/h3,5,7-9,13,16H,1-2,4,6,10-12,14H2,(H,24,27). The molecule has 6 heteroatoms. The molecule has 6 nitrogen and oxygen atoms in total. The maximum absolute atomic E-state index is 12.9. The molecule has 0 spiro atoms. The van der Waals surface area contributed by atoms with Gasteiger partial charge in [-0.2, -0.15) is 0 Å². The van der Waals surface area contributed by atoms with E-state index in [0.717, 1.165) is 30.6 Å². The van der Waals surface area contributed by atoms with Crippen molar-refractivity contribution in [3.8, 4) is 11.5 Å². The van der Waals surface area contributed by atoms with Crippen LogP contribution >= 0.6 is 0 Å². The fraction of sp³-hybridized carbons (Fsp3) is 0.391. The van der Waals surface area contributed by atoms with E-state index in [0.29, 0.717) is 31.3 Å². The summed E-state index contributed by atoms with van der Waals surface area (Å²) < 4.78 is 11.2. The Morgan fingerprint density at radius 1 is 1.03 bits per heavy atom. The SMILES string of the molecule is O=C(Nc1cccc2c1CCCC2)C1CC(=O)N(c2ccc3c(c2)OCCO3)C1. The monoisotopic (exact) mass is 392 g/mol. The third kappa shape index (κ3) is 3.43. The van der Waals surface area contributed by atoms with Gasteiger partial charge in [-0.15, -0.1) is 0 Å². The van der Waals surface area contributed by atoms with Crippen LogP contribution in [0.3, 0.4) is 0 Å². The first-order valence-corrected chi connectivity index (χ1v) is 10.3. The van der Waals surface area contributed by atoms with Crippen LogP contribution in [0, 0.1) is 5.92 Å². The van der Waals surface area contributed by atoms with Gasteiger partial charge in [0.15, 0.2) is 11.5 Å². The molecule has 2 aromatic carbocycles. The Morgan fingerprint density at radius 3 is 2.76 bits per heavy atom. The summed E-state index contributed by atoms with van der Waals surface area (Å²) in [6, 6.07) is 11.6. The maximum Gasteiger partial charge on any atom is 0.229 e. The minimum Gasteiger partial charge on any atom is -0.486 e. The lowest BCUT2D eigenvalue weighted by Gasteiger charge is -2.22. The fourth-order valence-corrected chi connectivity index (χ4v) is 4.47. The highest BCUT2D eigenvalue weighted by atomic mass is 16.6. The molecule has 1 aliphatic carbocycles. The minimum atomic E-state index is -0.366. The molecule has 0 aromatic heterocycles. The Hall–Kier alpha value is -3.02. The molecule has 0 bridgehead atoms. The molecule has 5 rings (SSSR count). The van der Waals surface area contributed by atoms with Crippen LogP contribution in [0.15, 0.2) is 36.4 Å². The van der Waals surface area contributed by atoms with Crippen LogP contribution in [0.5, 0.6) is 11.5 Å². The Balaban J connectivity index is 1.31. The number of ether oxygens (including phenoxy) is 2. The first-order chi connectivity index (χ1) is 14.2. The van der Waals surface area contributed by atoms with Gasteiger partial charge in [0.2, 0.25) is 11.8 Å². The molecule has 1 N–H and O–H groups in total. The molecule has 2 heterocycles. The van der Waals surface area contributed by atoms with Crippen molar-refractivity contribution in [1.82, 2.24) is 0 Å². The molecule has 2 amide bonds. The van der Waals surface area contributed by atoms with Gasteiger partial charge in [-0.05, 0) is 55.0 Å². The highest BCUT2D eigenvalue weighted by Crippen LogP contribution is 2.36. The predicted octanol–water partition coefficient (Wildman–Crippen LogP) is 3.33. The highest BCUT2D eigenvalue weighted by molar-refractivity contribution is 6.04. The van der Waals surface area contributed by atoms with Crippen LogP contribution < -0.4 is 19.7 Å². The van der Waals surface area contributed by atoms with Crippen LogP contribution in [0.1, 0.15) is 30.4 Å². The third-order valence-corrected chi connectivity index (χ3v) is 5.99. The van der Waals surface area contributed by atoms with Crippen molar-refractivity contribution >= 4 is 23.2 Å². The molecule has 1 unspecified atom stereocenters. The summed E-state index contributed by atoms with van der Waals surface area (Å²) in [5, 5.41) is 3.09. The minimum absolute atomic E-state index is 0.0445. The number of hydrogen-bond donors (Lipinski definition) is 1. The average Bonchev–Trinajstić information content (AvgIpc) is 3.15. The van der Waals surface area contributed by atoms with Crippen LogP contribution in [0.2, 0.25) is 0 Å². The lowest BCUT2D eigenvalue weighted by molar-refractivity contribution is -0.122. The number of rotatable bonds is 3. The van der Waals surface area contributed by atoms with Gasteiger partial charge in [0.1, 0.15) is 13.2 Å². The zero-order valence-corrected chi connectivity index (χ0v) is 16.3. The van der Waals surface area contributed by atoms with E-state index in [1.165, 1.54) is 17.5 Å². The zero-order chi connectivity index (χ0) is 19.8. The van der Waals surface area contributed by atoms with Gasteiger partial charge in [-0.1, -0.05) is 12.1 Å². The number of amides is 2. The first kappa shape index (κ1) is 18.0. The number of carbonyl (C=O) groups excluding carboxylic acids is 2. The molecule has 1 fully saturated rings. The van der Waals surface area contributed by atoms with Crippen LogP contribution in [0.4, 0.5) is 11.4 Å². The van der Waals surface area contributed by atoms with Crippen molar-refractivity contribution in [3.63, 3.8) is 0 Å². The third-order valence-electron chi connectivity index (χ3n) is 5.99. The summed E-state index contributed by atoms with van der Waals surface area (Å²) in [5.74, 6) is 0.838. The van der Waals surface area contributed by atoms with Crippen molar-refractivity contribution in [2.24, 2.45) is 5.92 Å². The highest BCUT2D eigenvalue weighted by Gasteiger charge is 2.36. The summed E-state index contributed by atoms with van der Waals surface area (Å²) in [6.45, 7) is 1.40. The molecular weight excluding hydrogens is 368 g/mol. The molecule has 1 saturated heterocycles. The number of carbonyl (C=O) groups is 2. The Morgan fingerprint density at radius 2 is 1.86 bits per heavy atom. The Kier molecular flexibility index (Phi) is 4.62. The molecule has 150 valence electrons. The van der Waals surface area contributed by atoms with Gasteiger partial charge in [0.25, 0.3) is 0 Å². The van der Waals surface area contributed by atoms with E-state index >= 15 is 0 Å². The fourth-order valence-electron chi connectivity index (χ4n) is 4.47. The van der Waals surface area contributed by atoms with Crippen molar-refractivity contribution < 1.29 is 19.1 Å². The number of hydrogen-bond acceptors (Lipinski definition) is 4. The van der Waals surface area contributed by atoms with E-state index in [-0.39, 0.29) is 24.2 Å². The van der Waals surface area contributed by atoms with E-state index < -0.39 is 0 Å². The predicted molar refractivity (Wildman–Crippen MR) is 110 cm³/mol. The van der Waals surface area contributed by atoms with Crippen molar-refractivity contribution in [2.75, 3.05) is 30.0 Å². The van der Waals surface area contributed by atoms with Gasteiger partial charge in [-0.25, -0.2) is 0 Å². The summed E-state index contributed by atoms with van der Waals surface area (Å²) in [5.41, 5.74) is 4.22. The molecule has 29 heavy (non-hydrogen) atoms. The summed E-state index contributed by atoms with van der Waals surface area (Å²) in [7, 11) is 0. The summed E-state index contributed by atoms with van der Waals surface area (Å²) in [4.78, 5) is 27.2.